The van der Waals surface area contributed by atoms with Crippen molar-refractivity contribution in [2.24, 2.45) is 11.8 Å². The second-order valence-corrected chi connectivity index (χ2v) is 14.0. The van der Waals surface area contributed by atoms with Gasteiger partial charge in [0, 0.05) is 25.9 Å². The van der Waals surface area contributed by atoms with Crippen LogP contribution in [0, 0.1) is 11.8 Å². The molecule has 4 fully saturated rings. The van der Waals surface area contributed by atoms with Crippen LogP contribution in [0.3, 0.4) is 0 Å². The van der Waals surface area contributed by atoms with Gasteiger partial charge in [0.25, 0.3) is 0 Å². The van der Waals surface area contributed by atoms with Crippen LogP contribution in [-0.4, -0.2) is 68.9 Å². The van der Waals surface area contributed by atoms with E-state index in [0.29, 0.717) is 37.1 Å². The van der Waals surface area contributed by atoms with Crippen molar-refractivity contribution in [1.29, 1.82) is 0 Å². The Morgan fingerprint density at radius 2 is 0.980 bits per heavy atom. The van der Waals surface area contributed by atoms with Crippen LogP contribution in [-0.2, 0) is 22.4 Å². The number of rotatable bonds is 14. The van der Waals surface area contributed by atoms with E-state index >= 15 is 0 Å². The van der Waals surface area contributed by atoms with Crippen LogP contribution in [0.5, 0.6) is 0 Å². The highest BCUT2D eigenvalue weighted by Gasteiger charge is 2.30. The van der Waals surface area contributed by atoms with Crippen molar-refractivity contribution in [3.05, 3.63) is 118 Å². The van der Waals surface area contributed by atoms with Gasteiger partial charge >= 0.3 is 11.9 Å². The molecule has 2 amide bonds. The van der Waals surface area contributed by atoms with Crippen molar-refractivity contribution in [3.63, 3.8) is 0 Å². The third-order valence-corrected chi connectivity index (χ3v) is 10.3. The lowest BCUT2D eigenvalue weighted by atomic mass is 10.1. The zero-order valence-electron chi connectivity index (χ0n) is 29.3. The van der Waals surface area contributed by atoms with Gasteiger partial charge in [-0.1, -0.05) is 71.9 Å². The Morgan fingerprint density at radius 3 is 1.30 bits per heavy atom. The van der Waals surface area contributed by atoms with E-state index in [1.54, 1.807) is 24.3 Å². The molecule has 2 aromatic rings. The van der Waals surface area contributed by atoms with Gasteiger partial charge in [0.15, 0.2) is 0 Å². The first-order chi connectivity index (χ1) is 24.1. The summed E-state index contributed by atoms with van der Waals surface area (Å²) in [5, 5.41) is 17.9. The second-order valence-electron chi connectivity index (χ2n) is 14.0. The molecule has 0 bridgehead atoms. The smallest absolute Gasteiger partial charge is 0.335 e. The van der Waals surface area contributed by atoms with Crippen molar-refractivity contribution in [3.8, 4) is 0 Å². The van der Waals surface area contributed by atoms with Crippen LogP contribution in [0.15, 0.2) is 96.1 Å². The Hall–Kier alpha value is -4.72. The van der Waals surface area contributed by atoms with Crippen LogP contribution >= 0.6 is 0 Å². The van der Waals surface area contributed by atoms with E-state index in [0.717, 1.165) is 48.6 Å². The van der Waals surface area contributed by atoms with Gasteiger partial charge in [0.1, 0.15) is 0 Å². The summed E-state index contributed by atoms with van der Waals surface area (Å²) in [6, 6.07) is 14.1. The molecule has 2 atom stereocenters. The van der Waals surface area contributed by atoms with Gasteiger partial charge < -0.3 is 20.0 Å². The minimum absolute atomic E-state index is 0.175. The van der Waals surface area contributed by atoms with Crippen LogP contribution in [0.4, 0.5) is 0 Å². The highest BCUT2D eigenvalue weighted by atomic mass is 16.4. The number of carbonyl (C=O) groups is 4. The normalized spacial score (nSPS) is 21.3. The maximum Gasteiger partial charge on any atom is 0.335 e. The predicted octanol–water partition coefficient (Wildman–Crippen LogP) is 7.66. The maximum atomic E-state index is 12.2. The van der Waals surface area contributed by atoms with E-state index in [4.69, 9.17) is 10.2 Å². The molecule has 2 N–H and O–H groups in total. The zero-order chi connectivity index (χ0) is 35.6. The maximum absolute atomic E-state index is 12.2. The highest BCUT2D eigenvalue weighted by molar-refractivity contribution is 5.88. The van der Waals surface area contributed by atoms with Crippen LogP contribution in [0.1, 0.15) is 97.1 Å². The van der Waals surface area contributed by atoms with E-state index in [1.165, 1.54) is 36.8 Å². The van der Waals surface area contributed by atoms with Crippen molar-refractivity contribution in [2.45, 2.75) is 90.1 Å². The number of carbonyl (C=O) groups excluding carboxylic acids is 2. The predicted molar refractivity (Wildman–Crippen MR) is 195 cm³/mol. The number of aromatic carboxylic acids is 2. The van der Waals surface area contributed by atoms with E-state index in [9.17, 15) is 19.2 Å². The Morgan fingerprint density at radius 1 is 0.620 bits per heavy atom. The molecule has 2 aliphatic heterocycles. The van der Waals surface area contributed by atoms with Gasteiger partial charge in [0.05, 0.1) is 23.2 Å². The SMILES string of the molecule is C/C(=C\C=C/[C@H]1CCC(=O)N1CCc1ccc(C(=O)O)cc1)C1CC1.C/C(=C\C=C\[C@H]1CCC(=O)N1CCc1ccc(C(=O)O)cc1)C1CC1. The highest BCUT2D eigenvalue weighted by Crippen LogP contribution is 2.36. The molecule has 2 aliphatic carbocycles. The fourth-order valence-corrected chi connectivity index (χ4v) is 6.64. The van der Waals surface area contributed by atoms with Gasteiger partial charge in [-0.3, -0.25) is 9.59 Å². The molecule has 0 radical (unpaired) electrons. The van der Waals surface area contributed by atoms with Gasteiger partial charge in [0.2, 0.25) is 11.8 Å². The minimum atomic E-state index is -0.916. The number of nitrogens with zero attached hydrogens (tertiary/aromatic N) is 2. The largest absolute Gasteiger partial charge is 0.478 e. The molecule has 0 spiro atoms. The molecular weight excluding hydrogens is 628 g/mol. The van der Waals surface area contributed by atoms with Crippen LogP contribution < -0.4 is 0 Å². The summed E-state index contributed by atoms with van der Waals surface area (Å²) >= 11 is 0. The quantitative estimate of drug-likeness (QED) is 0.198. The molecule has 0 unspecified atom stereocenters. The van der Waals surface area contributed by atoms with E-state index in [1.807, 2.05) is 34.1 Å². The summed E-state index contributed by atoms with van der Waals surface area (Å²) in [4.78, 5) is 50.0. The van der Waals surface area contributed by atoms with Gasteiger partial charge in [-0.05, 0) is 112 Å². The molecule has 8 nitrogen and oxygen atoms in total. The molecule has 50 heavy (non-hydrogen) atoms. The first kappa shape index (κ1) is 36.6. The number of hydrogen-bond donors (Lipinski definition) is 2. The summed E-state index contributed by atoms with van der Waals surface area (Å²) in [5.41, 5.74) is 5.56. The average Bonchev–Trinajstić information content (AvgIpc) is 4.05. The summed E-state index contributed by atoms with van der Waals surface area (Å²) in [6.07, 6.45) is 22.6. The molecule has 2 saturated heterocycles. The monoisotopic (exact) mass is 678 g/mol. The van der Waals surface area contributed by atoms with Crippen LogP contribution in [0.2, 0.25) is 0 Å². The number of benzene rings is 2. The van der Waals surface area contributed by atoms with Crippen LogP contribution in [0.25, 0.3) is 0 Å². The van der Waals surface area contributed by atoms with Crippen molar-refractivity contribution in [1.82, 2.24) is 9.80 Å². The lowest BCUT2D eigenvalue weighted by Gasteiger charge is -2.22. The first-order valence-corrected chi connectivity index (χ1v) is 18.0. The fraction of sp³-hybridized carbons (Fsp3) is 0.429. The Labute approximate surface area is 295 Å². The molecule has 8 heteroatoms. The minimum Gasteiger partial charge on any atom is -0.478 e. The lowest BCUT2D eigenvalue weighted by Crippen LogP contribution is -2.33. The number of carboxylic acids is 2. The number of hydrogen-bond acceptors (Lipinski definition) is 4. The summed E-state index contributed by atoms with van der Waals surface area (Å²) in [5.74, 6) is 0.140. The molecule has 2 heterocycles. The van der Waals surface area contributed by atoms with E-state index in [-0.39, 0.29) is 23.9 Å². The molecule has 2 saturated carbocycles. The van der Waals surface area contributed by atoms with Crippen molar-refractivity contribution in [2.75, 3.05) is 13.1 Å². The van der Waals surface area contributed by atoms with E-state index < -0.39 is 11.9 Å². The van der Waals surface area contributed by atoms with Gasteiger partial charge in [-0.25, -0.2) is 9.59 Å². The number of likely N-dealkylation sites (tertiary alicyclic amines) is 2. The zero-order valence-corrected chi connectivity index (χ0v) is 29.3. The standard InChI is InChI=1S/2C21H25NO3/c2*1-15(17-9-10-17)3-2-4-19-11-12-20(23)22(19)14-13-16-5-7-18(8-6-16)21(24)25/h2*2-8,17,19H,9-14H2,1H3,(H,24,25)/b4-2+,15-3+;4-2-,15-3+/t2*19-/m00/s1. The summed E-state index contributed by atoms with van der Waals surface area (Å²) in [7, 11) is 0. The molecule has 2 aromatic carbocycles. The van der Waals surface area contributed by atoms with Gasteiger partial charge in [-0.2, -0.15) is 0 Å². The molecule has 264 valence electrons. The molecule has 4 aliphatic rings. The number of allylic oxidation sites excluding steroid dienone is 6. The molecular formula is C42H50N2O6. The first-order valence-electron chi connectivity index (χ1n) is 18.0. The second kappa shape index (κ2) is 17.3. The number of carboxylic acid groups (broad SMARTS) is 2. The summed E-state index contributed by atoms with van der Waals surface area (Å²) < 4.78 is 0. The summed E-state index contributed by atoms with van der Waals surface area (Å²) in [6.45, 7) is 5.71. The Bertz CT molecular complexity index is 1520. The topological polar surface area (TPSA) is 115 Å². The lowest BCUT2D eigenvalue weighted by molar-refractivity contribution is -0.129. The Kier molecular flexibility index (Phi) is 12.6. The molecule has 6 rings (SSSR count). The molecule has 0 aromatic heterocycles. The third-order valence-electron chi connectivity index (χ3n) is 10.3. The van der Waals surface area contributed by atoms with Crippen molar-refractivity contribution < 1.29 is 29.4 Å². The average molecular weight is 679 g/mol. The number of amides is 2. The third kappa shape index (κ3) is 10.6. The van der Waals surface area contributed by atoms with E-state index in [2.05, 4.69) is 50.3 Å². The van der Waals surface area contributed by atoms with Crippen molar-refractivity contribution >= 4 is 23.8 Å². The Balaban J connectivity index is 0.000000194. The fourth-order valence-electron chi connectivity index (χ4n) is 6.64. The van der Waals surface area contributed by atoms with Gasteiger partial charge in [-0.15, -0.1) is 0 Å².